The van der Waals surface area contributed by atoms with E-state index in [4.69, 9.17) is 19.6 Å². The summed E-state index contributed by atoms with van der Waals surface area (Å²) in [5, 5.41) is 11.1. The number of benzene rings is 3. The quantitative estimate of drug-likeness (QED) is 0.420. The Hall–Kier alpha value is -4.59. The van der Waals surface area contributed by atoms with Crippen LogP contribution >= 0.6 is 0 Å². The molecule has 35 heavy (non-hydrogen) atoms. The van der Waals surface area contributed by atoms with Gasteiger partial charge in [-0.3, -0.25) is 4.79 Å². The summed E-state index contributed by atoms with van der Waals surface area (Å²) in [6.07, 6.45) is 0. The largest absolute Gasteiger partial charge is 0.497 e. The van der Waals surface area contributed by atoms with Gasteiger partial charge in [-0.05, 0) is 61.0 Å². The zero-order chi connectivity index (χ0) is 24.4. The number of hydrogen-bond acceptors (Lipinski definition) is 6. The third kappa shape index (κ3) is 4.33. The van der Waals surface area contributed by atoms with Crippen LogP contribution in [0.25, 0.3) is 11.4 Å². The van der Waals surface area contributed by atoms with Gasteiger partial charge in [-0.15, -0.1) is 5.10 Å². The molecule has 3 aromatic carbocycles. The molecule has 2 heterocycles. The second-order valence-electron chi connectivity index (χ2n) is 8.10. The molecule has 0 spiro atoms. The van der Waals surface area contributed by atoms with Gasteiger partial charge in [-0.1, -0.05) is 30.3 Å². The fraction of sp³-hybridized carbons (Fsp3) is 0.148. The summed E-state index contributed by atoms with van der Waals surface area (Å²) in [4.78, 5) is 18.3. The van der Waals surface area contributed by atoms with Crippen LogP contribution in [0.4, 0.5) is 11.6 Å². The third-order valence-corrected chi connectivity index (χ3v) is 5.89. The number of methoxy groups -OCH3 is 2. The van der Waals surface area contributed by atoms with Gasteiger partial charge in [0.05, 0.1) is 19.8 Å². The summed E-state index contributed by atoms with van der Waals surface area (Å²) in [5.74, 6) is 2.32. The summed E-state index contributed by atoms with van der Waals surface area (Å²) in [6, 6.07) is 24.1. The molecule has 1 aliphatic heterocycles. The lowest BCUT2D eigenvalue weighted by molar-refractivity contribution is -0.113. The third-order valence-electron chi connectivity index (χ3n) is 5.89. The highest BCUT2D eigenvalue weighted by atomic mass is 16.5. The first-order chi connectivity index (χ1) is 17.1. The van der Waals surface area contributed by atoms with Crippen LogP contribution in [0.15, 0.2) is 90.1 Å². The van der Waals surface area contributed by atoms with Gasteiger partial charge < -0.3 is 20.1 Å². The van der Waals surface area contributed by atoms with Crippen molar-refractivity contribution in [2.75, 3.05) is 24.9 Å². The summed E-state index contributed by atoms with van der Waals surface area (Å²) in [7, 11) is 3.25. The smallest absolute Gasteiger partial charge is 0.255 e. The van der Waals surface area contributed by atoms with E-state index >= 15 is 0 Å². The number of carbonyl (C=O) groups excluding carboxylic acids is 1. The number of ether oxygens (including phenoxy) is 2. The topological polar surface area (TPSA) is 90.3 Å². The van der Waals surface area contributed by atoms with E-state index in [0.29, 0.717) is 34.5 Å². The van der Waals surface area contributed by atoms with Crippen molar-refractivity contribution in [1.82, 2.24) is 14.8 Å². The van der Waals surface area contributed by atoms with Gasteiger partial charge in [0.15, 0.2) is 5.82 Å². The van der Waals surface area contributed by atoms with E-state index in [1.54, 1.807) is 18.9 Å². The second kappa shape index (κ2) is 9.34. The Morgan fingerprint density at radius 2 is 1.69 bits per heavy atom. The molecular weight excluding hydrogens is 442 g/mol. The molecule has 1 aliphatic rings. The van der Waals surface area contributed by atoms with Crippen molar-refractivity contribution in [2.45, 2.75) is 13.0 Å². The highest BCUT2D eigenvalue weighted by Crippen LogP contribution is 2.38. The van der Waals surface area contributed by atoms with Crippen LogP contribution in [0, 0.1) is 0 Å². The summed E-state index contributed by atoms with van der Waals surface area (Å²) < 4.78 is 12.5. The van der Waals surface area contributed by atoms with E-state index < -0.39 is 6.04 Å². The molecule has 1 aromatic heterocycles. The molecule has 1 amide bonds. The van der Waals surface area contributed by atoms with Crippen molar-refractivity contribution in [3.8, 4) is 22.9 Å². The van der Waals surface area contributed by atoms with Crippen LogP contribution in [0.5, 0.6) is 11.5 Å². The van der Waals surface area contributed by atoms with Crippen molar-refractivity contribution in [1.29, 1.82) is 0 Å². The minimum atomic E-state index is -0.510. The molecule has 0 saturated carbocycles. The SMILES string of the molecule is COc1ccc(-c2nc3n(n2)C(c2cccc(OC)c2)C(C(=O)Nc2ccccc2)=C(C)N3)cc1. The number of rotatable bonds is 6. The molecule has 0 radical (unpaired) electrons. The number of para-hydroxylation sites is 1. The average Bonchev–Trinajstić information content (AvgIpc) is 3.32. The van der Waals surface area contributed by atoms with Gasteiger partial charge in [-0.25, -0.2) is 4.68 Å². The zero-order valence-electron chi connectivity index (χ0n) is 19.6. The van der Waals surface area contributed by atoms with E-state index in [1.807, 2.05) is 85.8 Å². The highest BCUT2D eigenvalue weighted by Gasteiger charge is 2.34. The first-order valence-corrected chi connectivity index (χ1v) is 11.2. The molecule has 4 aromatic rings. The lowest BCUT2D eigenvalue weighted by Crippen LogP contribution is -2.31. The number of anilines is 2. The number of hydrogen-bond donors (Lipinski definition) is 2. The molecule has 1 atom stereocenters. The fourth-order valence-corrected chi connectivity index (χ4v) is 4.15. The van der Waals surface area contributed by atoms with Crippen molar-refractivity contribution in [2.24, 2.45) is 0 Å². The Balaban J connectivity index is 1.60. The maximum atomic E-state index is 13.6. The maximum Gasteiger partial charge on any atom is 0.255 e. The van der Waals surface area contributed by atoms with Crippen molar-refractivity contribution in [3.05, 3.63) is 95.7 Å². The monoisotopic (exact) mass is 467 g/mol. The number of fused-ring (bicyclic) bond motifs is 1. The molecule has 8 heteroatoms. The first-order valence-electron chi connectivity index (χ1n) is 11.2. The number of nitrogens with zero attached hydrogens (tertiary/aromatic N) is 3. The number of amides is 1. The van der Waals surface area contributed by atoms with Crippen molar-refractivity contribution in [3.63, 3.8) is 0 Å². The second-order valence-corrected chi connectivity index (χ2v) is 8.10. The molecule has 0 aliphatic carbocycles. The Labute approximate surface area is 203 Å². The number of aromatic nitrogens is 3. The Morgan fingerprint density at radius 1 is 0.943 bits per heavy atom. The summed E-state index contributed by atoms with van der Waals surface area (Å²) in [5.41, 5.74) is 3.65. The van der Waals surface area contributed by atoms with Gasteiger partial charge in [0, 0.05) is 16.9 Å². The van der Waals surface area contributed by atoms with Gasteiger partial charge in [0.2, 0.25) is 5.95 Å². The van der Waals surface area contributed by atoms with Crippen LogP contribution < -0.4 is 20.1 Å². The molecule has 2 N–H and O–H groups in total. The van der Waals surface area contributed by atoms with Gasteiger partial charge in [0.1, 0.15) is 17.5 Å². The van der Waals surface area contributed by atoms with Crippen LogP contribution in [0.3, 0.4) is 0 Å². The van der Waals surface area contributed by atoms with Gasteiger partial charge >= 0.3 is 0 Å². The summed E-state index contributed by atoms with van der Waals surface area (Å²) >= 11 is 0. The van der Waals surface area contributed by atoms with Gasteiger partial charge in [0.25, 0.3) is 5.91 Å². The van der Waals surface area contributed by atoms with Crippen LogP contribution in [-0.2, 0) is 4.79 Å². The predicted octanol–water partition coefficient (Wildman–Crippen LogP) is 4.89. The van der Waals surface area contributed by atoms with Crippen LogP contribution in [0.1, 0.15) is 18.5 Å². The lowest BCUT2D eigenvalue weighted by Gasteiger charge is -2.28. The lowest BCUT2D eigenvalue weighted by atomic mass is 9.95. The predicted molar refractivity (Wildman–Crippen MR) is 135 cm³/mol. The Morgan fingerprint density at radius 3 is 2.40 bits per heavy atom. The average molecular weight is 468 g/mol. The Kier molecular flexibility index (Phi) is 5.93. The van der Waals surface area contributed by atoms with Gasteiger partial charge in [-0.2, -0.15) is 4.98 Å². The molecule has 0 fully saturated rings. The normalized spacial score (nSPS) is 14.7. The van der Waals surface area contributed by atoms with Crippen molar-refractivity contribution >= 4 is 17.5 Å². The molecule has 5 rings (SSSR count). The standard InChI is InChI=1S/C27H25N5O3/c1-17-23(26(33)29-20-9-5-4-6-10-20)24(19-8-7-11-22(16-19)35-3)32-27(28-17)30-25(31-32)18-12-14-21(34-2)15-13-18/h4-16,24H,1-3H3,(H,29,33)(H,28,30,31). The molecule has 8 nitrogen and oxygen atoms in total. The number of allylic oxidation sites excluding steroid dienone is 1. The Bertz CT molecular complexity index is 1390. The first kappa shape index (κ1) is 22.2. The van der Waals surface area contributed by atoms with E-state index in [1.165, 1.54) is 0 Å². The fourth-order valence-electron chi connectivity index (χ4n) is 4.15. The summed E-state index contributed by atoms with van der Waals surface area (Å²) in [6.45, 7) is 1.87. The zero-order valence-corrected chi connectivity index (χ0v) is 19.6. The minimum absolute atomic E-state index is 0.221. The molecule has 1 unspecified atom stereocenters. The number of carbonyl (C=O) groups is 1. The van der Waals surface area contributed by atoms with E-state index in [2.05, 4.69) is 10.6 Å². The molecule has 176 valence electrons. The van der Waals surface area contributed by atoms with E-state index in [9.17, 15) is 4.79 Å². The molecular formula is C27H25N5O3. The minimum Gasteiger partial charge on any atom is -0.497 e. The molecule has 0 saturated heterocycles. The van der Waals surface area contributed by atoms with E-state index in [0.717, 1.165) is 16.9 Å². The van der Waals surface area contributed by atoms with Crippen LogP contribution in [0.2, 0.25) is 0 Å². The van der Waals surface area contributed by atoms with Crippen LogP contribution in [-0.4, -0.2) is 34.9 Å². The van der Waals surface area contributed by atoms with E-state index in [-0.39, 0.29) is 5.91 Å². The highest BCUT2D eigenvalue weighted by molar-refractivity contribution is 6.06. The molecule has 0 bridgehead atoms. The van der Waals surface area contributed by atoms with Crippen molar-refractivity contribution < 1.29 is 14.3 Å². The maximum absolute atomic E-state index is 13.6. The number of nitrogens with one attached hydrogen (secondary N) is 2.